The van der Waals surface area contributed by atoms with Crippen LogP contribution in [0, 0.1) is 0 Å². The molecule has 0 aliphatic carbocycles. The molecule has 0 radical (unpaired) electrons. The maximum absolute atomic E-state index is 10.9. The Labute approximate surface area is 218 Å². The Balaban J connectivity index is 1.52. The van der Waals surface area contributed by atoms with Crippen molar-refractivity contribution in [1.29, 1.82) is 0 Å². The number of rotatable bonds is 6. The summed E-state index contributed by atoms with van der Waals surface area (Å²) in [7, 11) is 6.14. The molecule has 5 nitrogen and oxygen atoms in total. The van der Waals surface area contributed by atoms with Crippen LogP contribution in [0.1, 0.15) is 30.5 Å². The Bertz CT molecular complexity index is 1490. The third-order valence-corrected chi connectivity index (χ3v) is 7.06. The molecule has 3 aromatic rings. The lowest BCUT2D eigenvalue weighted by molar-refractivity contribution is -0.401. The average molecular weight is 492 g/mol. The molecule has 2 aliphatic rings. The quantitative estimate of drug-likeness (QED) is 0.297. The smallest absolute Gasteiger partial charge is 0.298 e. The van der Waals surface area contributed by atoms with Gasteiger partial charge in [0.15, 0.2) is 5.71 Å². The zero-order valence-corrected chi connectivity index (χ0v) is 21.9. The van der Waals surface area contributed by atoms with Gasteiger partial charge in [0, 0.05) is 43.1 Å². The fourth-order valence-electron chi connectivity index (χ4n) is 5.00. The van der Waals surface area contributed by atoms with Gasteiger partial charge in [-0.05, 0) is 61.4 Å². The number of para-hydroxylation sites is 1. The van der Waals surface area contributed by atoms with E-state index in [9.17, 15) is 4.79 Å². The van der Waals surface area contributed by atoms with Crippen LogP contribution in [0.25, 0.3) is 11.6 Å². The molecular formula is C32H31N2O3+. The molecule has 3 aromatic carbocycles. The van der Waals surface area contributed by atoms with Crippen LogP contribution in [0.5, 0.6) is 11.5 Å². The highest BCUT2D eigenvalue weighted by Gasteiger charge is 2.44. The van der Waals surface area contributed by atoms with E-state index in [0.717, 1.165) is 45.2 Å². The Hall–Kier alpha value is -4.38. The van der Waals surface area contributed by atoms with Gasteiger partial charge in [0.2, 0.25) is 5.69 Å². The van der Waals surface area contributed by atoms with Crippen molar-refractivity contribution in [3.63, 3.8) is 0 Å². The van der Waals surface area contributed by atoms with E-state index in [1.807, 2.05) is 50.5 Å². The van der Waals surface area contributed by atoms with Crippen molar-refractivity contribution in [1.82, 2.24) is 0 Å². The van der Waals surface area contributed by atoms with Gasteiger partial charge in [-0.1, -0.05) is 42.5 Å². The van der Waals surface area contributed by atoms with Crippen molar-refractivity contribution in [3.05, 3.63) is 107 Å². The zero-order chi connectivity index (χ0) is 26.2. The first-order chi connectivity index (χ1) is 17.8. The Morgan fingerprint density at radius 2 is 1.73 bits per heavy atom. The number of benzene rings is 3. The molecule has 0 N–H and O–H groups in total. The number of carbonyl (C=O) groups excluding carboxylic acids is 1. The van der Waals surface area contributed by atoms with Crippen LogP contribution < -0.4 is 14.4 Å². The largest absolute Gasteiger partial charge is 0.456 e. The summed E-state index contributed by atoms with van der Waals surface area (Å²) in [4.78, 5) is 13.0. The first-order valence-electron chi connectivity index (χ1n) is 12.3. The number of hydrogen-bond donors (Lipinski definition) is 0. The summed E-state index contributed by atoms with van der Waals surface area (Å²) in [6.45, 7) is 4.81. The van der Waals surface area contributed by atoms with Crippen LogP contribution in [0.15, 0.2) is 90.7 Å². The maximum Gasteiger partial charge on any atom is 0.298 e. The van der Waals surface area contributed by atoms with E-state index in [-0.39, 0.29) is 5.41 Å². The molecule has 2 aliphatic heterocycles. The van der Waals surface area contributed by atoms with E-state index in [1.54, 1.807) is 0 Å². The van der Waals surface area contributed by atoms with Crippen molar-refractivity contribution in [2.75, 3.05) is 26.0 Å². The molecule has 5 rings (SSSR count). The predicted octanol–water partition coefficient (Wildman–Crippen LogP) is 6.37. The fraction of sp³-hybridized carbons (Fsp3) is 0.188. The summed E-state index contributed by atoms with van der Waals surface area (Å²) in [6.07, 6.45) is 8.48. The van der Waals surface area contributed by atoms with E-state index < -0.39 is 0 Å². The number of nitrogens with zero attached hydrogens (tertiary/aromatic N) is 2. The van der Waals surface area contributed by atoms with Crippen LogP contribution in [-0.4, -0.2) is 37.9 Å². The lowest BCUT2D eigenvalue weighted by Crippen LogP contribution is -2.27. The molecule has 0 aromatic heterocycles. The van der Waals surface area contributed by atoms with Gasteiger partial charge >= 0.3 is 0 Å². The highest BCUT2D eigenvalue weighted by Crippen LogP contribution is 2.42. The van der Waals surface area contributed by atoms with Gasteiger partial charge in [-0.2, -0.15) is 4.58 Å². The number of carbonyl (C=O) groups is 1. The van der Waals surface area contributed by atoms with Crippen molar-refractivity contribution in [2.45, 2.75) is 19.3 Å². The second-order valence-electron chi connectivity index (χ2n) is 10.0. The van der Waals surface area contributed by atoms with Crippen LogP contribution in [-0.2, 0) is 10.2 Å². The van der Waals surface area contributed by atoms with Gasteiger partial charge in [0.25, 0.3) is 6.47 Å². The average Bonchev–Trinajstić information content (AvgIpc) is 3.08. The Kier molecular flexibility index (Phi) is 6.30. The predicted molar refractivity (Wildman–Crippen MR) is 150 cm³/mol. The molecule has 0 fully saturated rings. The maximum atomic E-state index is 10.9. The standard InChI is InChI=1S/C32H31N2O3/c1-32(2)28-19-25(36-21-35)16-17-29(28)34(5)31(32)20-26-18-23(27-8-6-7-9-30(27)37-26)13-10-22-11-14-24(15-12-22)33(3)4/h6-21H,1-5H3/q+1. The SMILES string of the molecule is CN(C)c1ccc(/C=C/C2=CC(=C/C3=[N+](C)c4ccc(OC=O)cc4C3(C)C)/Oc3ccccc32)cc1. The summed E-state index contributed by atoms with van der Waals surface area (Å²) in [5, 5.41) is 0. The molecule has 0 saturated carbocycles. The highest BCUT2D eigenvalue weighted by molar-refractivity contribution is 6.04. The molecule has 0 amide bonds. The molecule has 0 bridgehead atoms. The summed E-state index contributed by atoms with van der Waals surface area (Å²) >= 11 is 0. The van der Waals surface area contributed by atoms with Crippen LogP contribution >= 0.6 is 0 Å². The number of ether oxygens (including phenoxy) is 2. The first-order valence-corrected chi connectivity index (χ1v) is 12.3. The molecule has 2 heterocycles. The summed E-state index contributed by atoms with van der Waals surface area (Å²) in [5.41, 5.74) is 7.42. The van der Waals surface area contributed by atoms with Gasteiger partial charge in [-0.15, -0.1) is 0 Å². The summed E-state index contributed by atoms with van der Waals surface area (Å²) in [6, 6.07) is 22.3. The third kappa shape index (κ3) is 4.60. The molecule has 0 spiro atoms. The van der Waals surface area contributed by atoms with E-state index in [4.69, 9.17) is 9.47 Å². The monoisotopic (exact) mass is 491 g/mol. The van der Waals surface area contributed by atoms with E-state index in [0.29, 0.717) is 12.2 Å². The lowest BCUT2D eigenvalue weighted by atomic mass is 9.81. The second kappa shape index (κ2) is 9.58. The molecule has 37 heavy (non-hydrogen) atoms. The van der Waals surface area contributed by atoms with E-state index in [1.165, 1.54) is 5.69 Å². The van der Waals surface area contributed by atoms with Crippen LogP contribution in [0.4, 0.5) is 11.4 Å². The normalized spacial score (nSPS) is 16.8. The topological polar surface area (TPSA) is 41.8 Å². The highest BCUT2D eigenvalue weighted by atomic mass is 16.5. The van der Waals surface area contributed by atoms with E-state index in [2.05, 4.69) is 85.0 Å². The minimum Gasteiger partial charge on any atom is -0.456 e. The third-order valence-electron chi connectivity index (χ3n) is 7.06. The van der Waals surface area contributed by atoms with Gasteiger partial charge in [0.05, 0.1) is 5.41 Å². The fourth-order valence-corrected chi connectivity index (χ4v) is 5.00. The molecule has 0 atom stereocenters. The molecule has 5 heteroatoms. The summed E-state index contributed by atoms with van der Waals surface area (Å²) in [5.74, 6) is 2.14. The number of fused-ring (bicyclic) bond motifs is 2. The minimum atomic E-state index is -0.308. The van der Waals surface area contributed by atoms with Crippen LogP contribution in [0.2, 0.25) is 0 Å². The number of anilines is 1. The number of allylic oxidation sites excluding steroid dienone is 4. The number of hydrogen-bond acceptors (Lipinski definition) is 4. The van der Waals surface area contributed by atoms with Crippen molar-refractivity contribution in [2.24, 2.45) is 0 Å². The molecule has 186 valence electrons. The molecular weight excluding hydrogens is 460 g/mol. The lowest BCUT2D eigenvalue weighted by Gasteiger charge is -2.20. The van der Waals surface area contributed by atoms with E-state index >= 15 is 0 Å². The van der Waals surface area contributed by atoms with Crippen LogP contribution in [0.3, 0.4) is 0 Å². The Morgan fingerprint density at radius 1 is 0.973 bits per heavy atom. The molecule has 0 unspecified atom stereocenters. The van der Waals surface area contributed by atoms with Crippen molar-refractivity contribution >= 4 is 35.2 Å². The second-order valence-corrected chi connectivity index (χ2v) is 10.0. The zero-order valence-electron chi connectivity index (χ0n) is 21.9. The molecule has 0 saturated heterocycles. The van der Waals surface area contributed by atoms with Gasteiger partial charge < -0.3 is 14.4 Å². The van der Waals surface area contributed by atoms with Crippen molar-refractivity contribution < 1.29 is 18.8 Å². The van der Waals surface area contributed by atoms with Gasteiger partial charge in [0.1, 0.15) is 24.3 Å². The first kappa shape index (κ1) is 24.3. The Morgan fingerprint density at radius 3 is 2.46 bits per heavy atom. The summed E-state index contributed by atoms with van der Waals surface area (Å²) < 4.78 is 13.6. The van der Waals surface area contributed by atoms with Gasteiger partial charge in [-0.3, -0.25) is 4.79 Å². The minimum absolute atomic E-state index is 0.308. The van der Waals surface area contributed by atoms with Gasteiger partial charge in [-0.25, -0.2) is 0 Å². The van der Waals surface area contributed by atoms with Crippen molar-refractivity contribution in [3.8, 4) is 11.5 Å².